The molecule has 1 aromatic carbocycles. The van der Waals surface area contributed by atoms with Crippen molar-refractivity contribution in [2.45, 2.75) is 31.1 Å². The van der Waals surface area contributed by atoms with Gasteiger partial charge in [0, 0.05) is 12.1 Å². The Balaban J connectivity index is 0.00000220. The Kier molecular flexibility index (Phi) is 7.06. The Labute approximate surface area is 132 Å². The SMILES string of the molecule is Cc1c(F)cccc1S(=O)(=O)NCCC1CCCNC1.Cl. The molecule has 0 bridgehead atoms. The summed E-state index contributed by atoms with van der Waals surface area (Å²) in [6.07, 6.45) is 3.08. The molecule has 120 valence electrons. The number of sulfonamides is 1. The van der Waals surface area contributed by atoms with Crippen LogP contribution in [0.1, 0.15) is 24.8 Å². The molecule has 1 aromatic rings. The summed E-state index contributed by atoms with van der Waals surface area (Å²) in [5.74, 6) is 0.0180. The first-order chi connectivity index (χ1) is 9.50. The molecule has 1 heterocycles. The molecule has 1 atom stereocenters. The number of hydrogen-bond acceptors (Lipinski definition) is 3. The Hall–Kier alpha value is -0.690. The van der Waals surface area contributed by atoms with Crippen LogP contribution in [0.5, 0.6) is 0 Å². The Morgan fingerprint density at radius 3 is 2.86 bits per heavy atom. The van der Waals surface area contributed by atoms with Gasteiger partial charge in [0.2, 0.25) is 10.0 Å². The summed E-state index contributed by atoms with van der Waals surface area (Å²) < 4.78 is 40.3. The molecular formula is C14H22ClFN2O2S. The highest BCUT2D eigenvalue weighted by atomic mass is 35.5. The van der Waals surface area contributed by atoms with E-state index in [1.54, 1.807) is 0 Å². The van der Waals surface area contributed by atoms with Crippen molar-refractivity contribution >= 4 is 22.4 Å². The third kappa shape index (κ3) is 4.92. The summed E-state index contributed by atoms with van der Waals surface area (Å²) in [6.45, 7) is 3.87. The van der Waals surface area contributed by atoms with E-state index in [0.29, 0.717) is 12.5 Å². The molecule has 1 fully saturated rings. The van der Waals surface area contributed by atoms with Crippen LogP contribution >= 0.6 is 12.4 Å². The van der Waals surface area contributed by atoms with Gasteiger partial charge in [0.1, 0.15) is 5.82 Å². The molecule has 2 rings (SSSR count). The molecule has 0 saturated carbocycles. The molecule has 21 heavy (non-hydrogen) atoms. The lowest BCUT2D eigenvalue weighted by molar-refractivity contribution is 0.358. The molecule has 4 nitrogen and oxygen atoms in total. The van der Waals surface area contributed by atoms with Crippen LogP contribution in [0.3, 0.4) is 0 Å². The number of halogens is 2. The van der Waals surface area contributed by atoms with Crippen molar-refractivity contribution in [3.8, 4) is 0 Å². The van der Waals surface area contributed by atoms with Crippen molar-refractivity contribution in [2.75, 3.05) is 19.6 Å². The molecule has 0 amide bonds. The summed E-state index contributed by atoms with van der Waals surface area (Å²) in [7, 11) is -3.62. The van der Waals surface area contributed by atoms with Gasteiger partial charge in [-0.1, -0.05) is 6.07 Å². The third-order valence-corrected chi connectivity index (χ3v) is 5.36. The van der Waals surface area contributed by atoms with E-state index in [9.17, 15) is 12.8 Å². The van der Waals surface area contributed by atoms with Crippen LogP contribution in [0.15, 0.2) is 23.1 Å². The number of hydrogen-bond donors (Lipinski definition) is 2. The average Bonchev–Trinajstić information content (AvgIpc) is 2.42. The van der Waals surface area contributed by atoms with Gasteiger partial charge >= 0.3 is 0 Å². The van der Waals surface area contributed by atoms with Crippen molar-refractivity contribution in [1.82, 2.24) is 10.0 Å². The lowest BCUT2D eigenvalue weighted by Crippen LogP contribution is -2.33. The van der Waals surface area contributed by atoms with E-state index in [-0.39, 0.29) is 22.9 Å². The fourth-order valence-corrected chi connectivity index (χ4v) is 3.82. The topological polar surface area (TPSA) is 58.2 Å². The highest BCUT2D eigenvalue weighted by Gasteiger charge is 2.19. The lowest BCUT2D eigenvalue weighted by Gasteiger charge is -2.22. The Morgan fingerprint density at radius 1 is 1.43 bits per heavy atom. The van der Waals surface area contributed by atoms with Crippen molar-refractivity contribution in [3.63, 3.8) is 0 Å². The second-order valence-electron chi connectivity index (χ2n) is 5.26. The van der Waals surface area contributed by atoms with Crippen LogP contribution in [0.4, 0.5) is 4.39 Å². The fraction of sp³-hybridized carbons (Fsp3) is 0.571. The standard InChI is InChI=1S/C14H21FN2O2S.ClH/c1-11-13(15)5-2-6-14(11)20(18,19)17-9-7-12-4-3-8-16-10-12;/h2,5-6,12,16-17H,3-4,7-10H2,1H3;1H. The van der Waals surface area contributed by atoms with Crippen molar-refractivity contribution in [2.24, 2.45) is 5.92 Å². The van der Waals surface area contributed by atoms with Gasteiger partial charge in [-0.25, -0.2) is 17.5 Å². The quantitative estimate of drug-likeness (QED) is 0.867. The minimum Gasteiger partial charge on any atom is -0.316 e. The summed E-state index contributed by atoms with van der Waals surface area (Å²) in [5.41, 5.74) is 0.166. The molecule has 1 unspecified atom stereocenters. The molecule has 1 aliphatic rings. The number of benzene rings is 1. The maximum absolute atomic E-state index is 13.4. The Morgan fingerprint density at radius 2 is 2.19 bits per heavy atom. The Bertz CT molecular complexity index is 560. The first-order valence-electron chi connectivity index (χ1n) is 6.96. The average molecular weight is 337 g/mol. The van der Waals surface area contributed by atoms with Crippen molar-refractivity contribution in [3.05, 3.63) is 29.6 Å². The summed E-state index contributed by atoms with van der Waals surface area (Å²) >= 11 is 0. The van der Waals surface area contributed by atoms with Crippen LogP contribution in [0, 0.1) is 18.7 Å². The van der Waals surface area contributed by atoms with Crippen LogP contribution in [-0.4, -0.2) is 28.1 Å². The minimum absolute atomic E-state index is 0. The largest absolute Gasteiger partial charge is 0.316 e. The van der Waals surface area contributed by atoms with E-state index in [1.165, 1.54) is 25.1 Å². The number of piperidine rings is 1. The molecule has 1 aliphatic heterocycles. The smallest absolute Gasteiger partial charge is 0.240 e. The molecule has 7 heteroatoms. The van der Waals surface area contributed by atoms with Gasteiger partial charge in [-0.15, -0.1) is 12.4 Å². The maximum Gasteiger partial charge on any atom is 0.240 e. The molecule has 0 aromatic heterocycles. The second kappa shape index (κ2) is 8.08. The molecular weight excluding hydrogens is 315 g/mol. The molecule has 0 aliphatic carbocycles. The van der Waals surface area contributed by atoms with Crippen LogP contribution in [0.2, 0.25) is 0 Å². The van der Waals surface area contributed by atoms with Crippen molar-refractivity contribution in [1.29, 1.82) is 0 Å². The third-order valence-electron chi connectivity index (χ3n) is 3.75. The van der Waals surface area contributed by atoms with E-state index in [4.69, 9.17) is 0 Å². The van der Waals surface area contributed by atoms with E-state index in [0.717, 1.165) is 32.4 Å². The second-order valence-corrected chi connectivity index (χ2v) is 7.00. The van der Waals surface area contributed by atoms with Gasteiger partial charge in [0.15, 0.2) is 0 Å². The van der Waals surface area contributed by atoms with Gasteiger partial charge in [-0.05, 0) is 57.3 Å². The van der Waals surface area contributed by atoms with Gasteiger partial charge in [0.05, 0.1) is 4.90 Å². The lowest BCUT2D eigenvalue weighted by atomic mass is 9.96. The molecule has 1 saturated heterocycles. The predicted molar refractivity (Wildman–Crippen MR) is 83.8 cm³/mol. The number of rotatable bonds is 5. The van der Waals surface area contributed by atoms with E-state index >= 15 is 0 Å². The summed E-state index contributed by atoms with van der Waals surface area (Å²) in [5, 5.41) is 3.30. The zero-order valence-electron chi connectivity index (χ0n) is 12.1. The molecule has 0 spiro atoms. The van der Waals surface area contributed by atoms with E-state index in [1.807, 2.05) is 0 Å². The summed E-state index contributed by atoms with van der Waals surface area (Å²) in [4.78, 5) is 0.0271. The highest BCUT2D eigenvalue weighted by molar-refractivity contribution is 7.89. The first-order valence-corrected chi connectivity index (χ1v) is 8.44. The number of nitrogens with one attached hydrogen (secondary N) is 2. The van der Waals surface area contributed by atoms with Gasteiger partial charge in [-0.3, -0.25) is 0 Å². The van der Waals surface area contributed by atoms with E-state index < -0.39 is 15.8 Å². The highest BCUT2D eigenvalue weighted by Crippen LogP contribution is 2.18. The zero-order valence-corrected chi connectivity index (χ0v) is 13.7. The maximum atomic E-state index is 13.4. The normalized spacial score (nSPS) is 19.0. The summed E-state index contributed by atoms with van der Waals surface area (Å²) in [6, 6.07) is 4.12. The zero-order chi connectivity index (χ0) is 14.6. The van der Waals surface area contributed by atoms with Crippen LogP contribution in [-0.2, 0) is 10.0 Å². The molecule has 2 N–H and O–H groups in total. The van der Waals surface area contributed by atoms with Gasteiger partial charge in [-0.2, -0.15) is 0 Å². The predicted octanol–water partition coefficient (Wildman–Crippen LogP) is 2.22. The van der Waals surface area contributed by atoms with Gasteiger partial charge in [0.25, 0.3) is 0 Å². The van der Waals surface area contributed by atoms with E-state index in [2.05, 4.69) is 10.0 Å². The fourth-order valence-electron chi connectivity index (χ4n) is 2.52. The minimum atomic E-state index is -3.62. The molecule has 0 radical (unpaired) electrons. The van der Waals surface area contributed by atoms with Crippen molar-refractivity contribution < 1.29 is 12.8 Å². The first kappa shape index (κ1) is 18.4. The van der Waals surface area contributed by atoms with Crippen LogP contribution < -0.4 is 10.0 Å². The van der Waals surface area contributed by atoms with Gasteiger partial charge < -0.3 is 5.32 Å². The van der Waals surface area contributed by atoms with Crippen LogP contribution in [0.25, 0.3) is 0 Å². The monoisotopic (exact) mass is 336 g/mol.